The summed E-state index contributed by atoms with van der Waals surface area (Å²) in [4.78, 5) is 16.1. The topological polar surface area (TPSA) is 54.0 Å². The molecular formula is C12H16ClN3O. The normalized spacial score (nSPS) is 22.1. The van der Waals surface area contributed by atoms with Crippen LogP contribution in [0.2, 0.25) is 5.02 Å². The van der Waals surface area contributed by atoms with Crippen molar-refractivity contribution >= 4 is 23.3 Å². The third-order valence-corrected chi connectivity index (χ3v) is 3.15. The lowest BCUT2D eigenvalue weighted by Gasteiger charge is -2.08. The lowest BCUT2D eigenvalue weighted by Crippen LogP contribution is -2.27. The number of amides is 1. The smallest absolute Gasteiger partial charge is 0.271 e. The molecule has 0 radical (unpaired) electrons. The zero-order valence-electron chi connectivity index (χ0n) is 9.96. The highest BCUT2D eigenvalue weighted by Crippen LogP contribution is 2.29. The van der Waals surface area contributed by atoms with E-state index >= 15 is 0 Å². The molecule has 0 spiro atoms. The molecule has 1 amide bonds. The third-order valence-electron chi connectivity index (χ3n) is 2.84. The van der Waals surface area contributed by atoms with Gasteiger partial charge in [-0.15, -0.1) is 0 Å². The van der Waals surface area contributed by atoms with Crippen LogP contribution >= 0.6 is 11.6 Å². The van der Waals surface area contributed by atoms with E-state index in [2.05, 4.69) is 22.5 Å². The largest absolute Gasteiger partial charge is 0.370 e. The summed E-state index contributed by atoms with van der Waals surface area (Å²) in [6.07, 6.45) is 1.04. The van der Waals surface area contributed by atoms with E-state index in [1.165, 1.54) is 0 Å². The standard InChI is InChI=1S/C12H16ClN3O/c1-3-14-10-5-4-8(13)11(16-10)12(17)15-9-6-7(9)2/h4-5,7,9H,3,6H2,1-2H3,(H,14,16)(H,15,17). The van der Waals surface area contributed by atoms with Gasteiger partial charge >= 0.3 is 0 Å². The second-order valence-electron chi connectivity index (χ2n) is 4.35. The summed E-state index contributed by atoms with van der Waals surface area (Å²) in [6.45, 7) is 4.84. The van der Waals surface area contributed by atoms with E-state index in [1.807, 2.05) is 6.92 Å². The molecule has 17 heavy (non-hydrogen) atoms. The van der Waals surface area contributed by atoms with Gasteiger partial charge < -0.3 is 10.6 Å². The van der Waals surface area contributed by atoms with Crippen molar-refractivity contribution in [3.8, 4) is 0 Å². The van der Waals surface area contributed by atoms with Crippen LogP contribution in [0.25, 0.3) is 0 Å². The molecule has 2 N–H and O–H groups in total. The molecule has 1 aromatic rings. The maximum absolute atomic E-state index is 11.9. The minimum atomic E-state index is -0.191. The highest BCUT2D eigenvalue weighted by molar-refractivity contribution is 6.33. The molecule has 2 atom stereocenters. The van der Waals surface area contributed by atoms with E-state index < -0.39 is 0 Å². The van der Waals surface area contributed by atoms with Gasteiger partial charge in [0.05, 0.1) is 5.02 Å². The molecule has 0 bridgehead atoms. The average Bonchev–Trinajstić information content (AvgIpc) is 2.97. The monoisotopic (exact) mass is 253 g/mol. The molecule has 2 rings (SSSR count). The fraction of sp³-hybridized carbons (Fsp3) is 0.500. The van der Waals surface area contributed by atoms with Gasteiger partial charge in [0.1, 0.15) is 11.5 Å². The molecule has 2 unspecified atom stereocenters. The van der Waals surface area contributed by atoms with E-state index in [0.29, 0.717) is 22.5 Å². The number of anilines is 1. The van der Waals surface area contributed by atoms with Crippen molar-refractivity contribution in [2.24, 2.45) is 5.92 Å². The van der Waals surface area contributed by atoms with Crippen LogP contribution in [0.4, 0.5) is 5.82 Å². The molecule has 5 heteroatoms. The summed E-state index contributed by atoms with van der Waals surface area (Å²) >= 11 is 5.98. The van der Waals surface area contributed by atoms with Crippen LogP contribution < -0.4 is 10.6 Å². The Morgan fingerprint density at radius 2 is 2.29 bits per heavy atom. The Labute approximate surface area is 106 Å². The number of halogens is 1. The zero-order valence-corrected chi connectivity index (χ0v) is 10.7. The molecule has 1 aliphatic carbocycles. The fourth-order valence-corrected chi connectivity index (χ4v) is 1.83. The zero-order chi connectivity index (χ0) is 12.4. The SMILES string of the molecule is CCNc1ccc(Cl)c(C(=O)NC2CC2C)n1. The van der Waals surface area contributed by atoms with Crippen molar-refractivity contribution in [2.75, 3.05) is 11.9 Å². The number of hydrogen-bond donors (Lipinski definition) is 2. The Kier molecular flexibility index (Phi) is 3.52. The number of nitrogens with zero attached hydrogens (tertiary/aromatic N) is 1. The summed E-state index contributed by atoms with van der Waals surface area (Å²) in [5.74, 6) is 1.05. The maximum Gasteiger partial charge on any atom is 0.271 e. The van der Waals surface area contributed by atoms with Crippen LogP contribution in [0, 0.1) is 5.92 Å². The molecule has 1 fully saturated rings. The molecule has 1 heterocycles. The number of rotatable bonds is 4. The van der Waals surface area contributed by atoms with Crippen LogP contribution in [0.3, 0.4) is 0 Å². The van der Waals surface area contributed by atoms with Crippen LogP contribution in [0.15, 0.2) is 12.1 Å². The van der Waals surface area contributed by atoms with Gasteiger partial charge in [-0.1, -0.05) is 18.5 Å². The van der Waals surface area contributed by atoms with Crippen LogP contribution in [0.1, 0.15) is 30.8 Å². The van der Waals surface area contributed by atoms with Crippen LogP contribution in [-0.4, -0.2) is 23.5 Å². The molecule has 92 valence electrons. The lowest BCUT2D eigenvalue weighted by atomic mass is 10.3. The fourth-order valence-electron chi connectivity index (χ4n) is 1.64. The van der Waals surface area contributed by atoms with Crippen molar-refractivity contribution in [3.05, 3.63) is 22.8 Å². The summed E-state index contributed by atoms with van der Waals surface area (Å²) in [5, 5.41) is 6.36. The summed E-state index contributed by atoms with van der Waals surface area (Å²) in [5.41, 5.74) is 0.296. The lowest BCUT2D eigenvalue weighted by molar-refractivity contribution is 0.0944. The highest BCUT2D eigenvalue weighted by Gasteiger charge is 2.34. The predicted octanol–water partition coefficient (Wildman–Crippen LogP) is 2.31. The van der Waals surface area contributed by atoms with Crippen molar-refractivity contribution in [3.63, 3.8) is 0 Å². The van der Waals surface area contributed by atoms with Crippen molar-refractivity contribution in [1.82, 2.24) is 10.3 Å². The number of nitrogens with one attached hydrogen (secondary N) is 2. The van der Waals surface area contributed by atoms with Crippen molar-refractivity contribution < 1.29 is 4.79 Å². The Morgan fingerprint density at radius 1 is 1.59 bits per heavy atom. The molecule has 0 saturated heterocycles. The second kappa shape index (κ2) is 4.92. The first kappa shape index (κ1) is 12.2. The third kappa shape index (κ3) is 2.88. The second-order valence-corrected chi connectivity index (χ2v) is 4.76. The summed E-state index contributed by atoms with van der Waals surface area (Å²) < 4.78 is 0. The Morgan fingerprint density at radius 3 is 2.88 bits per heavy atom. The number of carbonyl (C=O) groups excluding carboxylic acids is 1. The first-order valence-corrected chi connectivity index (χ1v) is 6.21. The van der Waals surface area contributed by atoms with E-state index in [0.717, 1.165) is 13.0 Å². The van der Waals surface area contributed by atoms with Crippen molar-refractivity contribution in [1.29, 1.82) is 0 Å². The van der Waals surface area contributed by atoms with Gasteiger partial charge in [0.25, 0.3) is 5.91 Å². The van der Waals surface area contributed by atoms with Crippen molar-refractivity contribution in [2.45, 2.75) is 26.3 Å². The molecular weight excluding hydrogens is 238 g/mol. The average molecular weight is 254 g/mol. The minimum Gasteiger partial charge on any atom is -0.370 e. The van der Waals surface area contributed by atoms with E-state index in [9.17, 15) is 4.79 Å². The van der Waals surface area contributed by atoms with Gasteiger partial charge in [-0.05, 0) is 31.4 Å². The molecule has 0 aliphatic heterocycles. The first-order chi connectivity index (χ1) is 8.11. The van der Waals surface area contributed by atoms with Gasteiger partial charge in [-0.2, -0.15) is 0 Å². The predicted molar refractivity (Wildman–Crippen MR) is 68.4 cm³/mol. The first-order valence-electron chi connectivity index (χ1n) is 5.83. The minimum absolute atomic E-state index is 0.191. The number of carbonyl (C=O) groups is 1. The number of hydrogen-bond acceptors (Lipinski definition) is 3. The van der Waals surface area contributed by atoms with Gasteiger partial charge in [-0.25, -0.2) is 4.98 Å². The van der Waals surface area contributed by atoms with E-state index in [-0.39, 0.29) is 11.9 Å². The van der Waals surface area contributed by atoms with E-state index in [4.69, 9.17) is 11.6 Å². The molecule has 1 aliphatic rings. The molecule has 1 saturated carbocycles. The van der Waals surface area contributed by atoms with Crippen LogP contribution in [0.5, 0.6) is 0 Å². The highest BCUT2D eigenvalue weighted by atomic mass is 35.5. The summed E-state index contributed by atoms with van der Waals surface area (Å²) in [7, 11) is 0. The molecule has 4 nitrogen and oxygen atoms in total. The molecule has 0 aromatic carbocycles. The Balaban J connectivity index is 2.12. The Bertz CT molecular complexity index is 436. The quantitative estimate of drug-likeness (QED) is 0.866. The number of pyridine rings is 1. The van der Waals surface area contributed by atoms with Gasteiger partial charge in [0.2, 0.25) is 0 Å². The van der Waals surface area contributed by atoms with E-state index in [1.54, 1.807) is 12.1 Å². The van der Waals surface area contributed by atoms with Gasteiger partial charge in [0, 0.05) is 12.6 Å². The summed E-state index contributed by atoms with van der Waals surface area (Å²) in [6, 6.07) is 3.74. The Hall–Kier alpha value is -1.29. The van der Waals surface area contributed by atoms with Gasteiger partial charge in [0.15, 0.2) is 0 Å². The maximum atomic E-state index is 11.9. The molecule has 1 aromatic heterocycles. The number of aromatic nitrogens is 1. The van der Waals surface area contributed by atoms with Gasteiger partial charge in [-0.3, -0.25) is 4.79 Å². The van der Waals surface area contributed by atoms with Crippen LogP contribution in [-0.2, 0) is 0 Å².